The van der Waals surface area contributed by atoms with Crippen LogP contribution in [0.5, 0.6) is 0 Å². The minimum absolute atomic E-state index is 0.270. The Bertz CT molecular complexity index is 627. The topological polar surface area (TPSA) is 54.7 Å². The summed E-state index contributed by atoms with van der Waals surface area (Å²) in [7, 11) is 0. The highest BCUT2D eigenvalue weighted by atomic mass is 19.1. The molecule has 0 atom stereocenters. The number of hydrogen-bond acceptors (Lipinski definition) is 3. The molecule has 1 aliphatic heterocycles. The molecule has 0 spiro atoms. The summed E-state index contributed by atoms with van der Waals surface area (Å²) in [6, 6.07) is 6.49. The molecule has 0 amide bonds. The summed E-state index contributed by atoms with van der Waals surface area (Å²) in [5.41, 5.74) is 0.839. The quantitative estimate of drug-likeness (QED) is 0.658. The molecule has 0 unspecified atom stereocenters. The Labute approximate surface area is 150 Å². The number of nitriles is 1. The van der Waals surface area contributed by atoms with Gasteiger partial charge in [0.05, 0.1) is 18.2 Å². The fourth-order valence-corrected chi connectivity index (χ4v) is 2.99. The van der Waals surface area contributed by atoms with E-state index < -0.39 is 0 Å². The summed E-state index contributed by atoms with van der Waals surface area (Å²) in [5.74, 6) is 1.13. The van der Waals surface area contributed by atoms with Crippen molar-refractivity contribution in [2.24, 2.45) is 10.9 Å². The van der Waals surface area contributed by atoms with E-state index in [0.717, 1.165) is 45.2 Å². The van der Waals surface area contributed by atoms with Gasteiger partial charge in [-0.15, -0.1) is 0 Å². The largest absolute Gasteiger partial charge is 0.357 e. The van der Waals surface area contributed by atoms with Gasteiger partial charge in [-0.1, -0.05) is 19.9 Å². The first-order valence-corrected chi connectivity index (χ1v) is 8.97. The Morgan fingerprint density at radius 1 is 1.32 bits per heavy atom. The van der Waals surface area contributed by atoms with E-state index in [-0.39, 0.29) is 12.4 Å². The van der Waals surface area contributed by atoms with Gasteiger partial charge in [0.25, 0.3) is 0 Å². The molecule has 1 aromatic rings. The third kappa shape index (κ3) is 5.71. The van der Waals surface area contributed by atoms with Crippen LogP contribution in [0.3, 0.4) is 0 Å². The molecule has 0 aromatic heterocycles. The highest BCUT2D eigenvalue weighted by Gasteiger charge is 2.20. The smallest absolute Gasteiger partial charge is 0.194 e. The maximum absolute atomic E-state index is 14.0. The van der Waals surface area contributed by atoms with Gasteiger partial charge in [-0.25, -0.2) is 9.38 Å². The van der Waals surface area contributed by atoms with Crippen LogP contribution in [0.15, 0.2) is 23.2 Å². The molecule has 1 N–H and O–H groups in total. The van der Waals surface area contributed by atoms with Crippen LogP contribution in [-0.4, -0.2) is 55.0 Å². The zero-order chi connectivity index (χ0) is 18.2. The molecule has 1 aromatic carbocycles. The van der Waals surface area contributed by atoms with Crippen molar-refractivity contribution < 1.29 is 4.39 Å². The third-order valence-corrected chi connectivity index (χ3v) is 4.21. The van der Waals surface area contributed by atoms with Crippen LogP contribution in [-0.2, 0) is 6.54 Å². The number of halogens is 1. The Kier molecular flexibility index (Phi) is 7.20. The van der Waals surface area contributed by atoms with Gasteiger partial charge in [-0.2, -0.15) is 5.26 Å². The number of nitrogens with zero attached hydrogens (tertiary/aromatic N) is 4. The van der Waals surface area contributed by atoms with E-state index in [1.54, 1.807) is 12.1 Å². The van der Waals surface area contributed by atoms with E-state index in [1.807, 2.05) is 13.0 Å². The third-order valence-electron chi connectivity index (χ3n) is 4.21. The second kappa shape index (κ2) is 9.38. The summed E-state index contributed by atoms with van der Waals surface area (Å²) in [6.45, 7) is 12.6. The molecule has 0 saturated carbocycles. The Morgan fingerprint density at radius 3 is 2.60 bits per heavy atom. The molecule has 1 heterocycles. The van der Waals surface area contributed by atoms with Crippen molar-refractivity contribution in [2.75, 3.05) is 39.3 Å². The first kappa shape index (κ1) is 19.2. The maximum atomic E-state index is 14.0. The molecule has 1 saturated heterocycles. The highest BCUT2D eigenvalue weighted by Crippen LogP contribution is 2.12. The van der Waals surface area contributed by atoms with E-state index in [0.29, 0.717) is 17.0 Å². The first-order valence-electron chi connectivity index (χ1n) is 8.97. The van der Waals surface area contributed by atoms with Gasteiger partial charge >= 0.3 is 0 Å². The zero-order valence-electron chi connectivity index (χ0n) is 15.4. The van der Waals surface area contributed by atoms with E-state index in [9.17, 15) is 4.39 Å². The maximum Gasteiger partial charge on any atom is 0.194 e. The molecule has 1 aliphatic rings. The summed E-state index contributed by atoms with van der Waals surface area (Å²) in [6.07, 6.45) is 0. The number of aliphatic imine (C=N–C) groups is 1. The molecule has 1 fully saturated rings. The van der Waals surface area contributed by atoms with E-state index in [1.165, 1.54) is 6.07 Å². The van der Waals surface area contributed by atoms with Gasteiger partial charge in [-0.05, 0) is 25.0 Å². The normalized spacial score (nSPS) is 16.2. The Balaban J connectivity index is 2.01. The number of benzene rings is 1. The molecule has 0 bridgehead atoms. The van der Waals surface area contributed by atoms with E-state index in [2.05, 4.69) is 34.0 Å². The average Bonchev–Trinajstić information content (AvgIpc) is 2.59. The van der Waals surface area contributed by atoms with Crippen molar-refractivity contribution in [1.29, 1.82) is 5.26 Å². The predicted molar refractivity (Wildman–Crippen MR) is 98.8 cm³/mol. The van der Waals surface area contributed by atoms with Gasteiger partial charge in [0.1, 0.15) is 5.82 Å². The van der Waals surface area contributed by atoms with Crippen LogP contribution >= 0.6 is 0 Å². The van der Waals surface area contributed by atoms with Crippen LogP contribution in [0.25, 0.3) is 0 Å². The SMILES string of the molecule is CCNC(=NCc1ccc(C#N)cc1F)N1CCN(CC(C)C)CC1. The van der Waals surface area contributed by atoms with Crippen molar-refractivity contribution in [2.45, 2.75) is 27.3 Å². The minimum atomic E-state index is -0.375. The monoisotopic (exact) mass is 345 g/mol. The van der Waals surface area contributed by atoms with Crippen molar-refractivity contribution in [3.05, 3.63) is 35.1 Å². The summed E-state index contributed by atoms with van der Waals surface area (Å²) in [5, 5.41) is 12.1. The summed E-state index contributed by atoms with van der Waals surface area (Å²) >= 11 is 0. The van der Waals surface area contributed by atoms with Crippen LogP contribution in [0.4, 0.5) is 4.39 Å². The second-order valence-electron chi connectivity index (χ2n) is 6.77. The number of rotatable bonds is 5. The lowest BCUT2D eigenvalue weighted by atomic mass is 10.1. The second-order valence-corrected chi connectivity index (χ2v) is 6.77. The van der Waals surface area contributed by atoms with Crippen molar-refractivity contribution >= 4 is 5.96 Å². The molecule has 0 aliphatic carbocycles. The van der Waals surface area contributed by atoms with Crippen molar-refractivity contribution in [3.8, 4) is 6.07 Å². The number of hydrogen-bond donors (Lipinski definition) is 1. The molecule has 25 heavy (non-hydrogen) atoms. The Morgan fingerprint density at radius 2 is 2.04 bits per heavy atom. The van der Waals surface area contributed by atoms with Gasteiger partial charge in [0.2, 0.25) is 0 Å². The molecule has 0 radical (unpaired) electrons. The molecule has 6 heteroatoms. The van der Waals surface area contributed by atoms with Gasteiger partial charge in [-0.3, -0.25) is 4.90 Å². The molecular formula is C19H28FN5. The van der Waals surface area contributed by atoms with Crippen LogP contribution in [0.2, 0.25) is 0 Å². The Hall–Kier alpha value is -2.13. The van der Waals surface area contributed by atoms with Crippen molar-refractivity contribution in [3.63, 3.8) is 0 Å². The standard InChI is InChI=1S/C19H28FN5/c1-4-22-19(25-9-7-24(8-10-25)14-15(2)3)23-13-17-6-5-16(12-21)11-18(17)20/h5-6,11,15H,4,7-10,13-14H2,1-3H3,(H,22,23). The number of piperazine rings is 1. The highest BCUT2D eigenvalue weighted by molar-refractivity contribution is 5.80. The van der Waals surface area contributed by atoms with Crippen LogP contribution in [0.1, 0.15) is 31.9 Å². The fourth-order valence-electron chi connectivity index (χ4n) is 2.99. The lowest BCUT2D eigenvalue weighted by molar-refractivity contribution is 0.164. The number of guanidine groups is 1. The number of nitrogens with one attached hydrogen (secondary N) is 1. The van der Waals surface area contributed by atoms with Gasteiger partial charge in [0.15, 0.2) is 5.96 Å². The molecular weight excluding hydrogens is 317 g/mol. The van der Waals surface area contributed by atoms with Crippen molar-refractivity contribution in [1.82, 2.24) is 15.1 Å². The van der Waals surface area contributed by atoms with Gasteiger partial charge < -0.3 is 10.2 Å². The molecule has 136 valence electrons. The molecule has 2 rings (SSSR count). The predicted octanol–water partition coefficient (Wildman–Crippen LogP) is 2.44. The lowest BCUT2D eigenvalue weighted by Crippen LogP contribution is -2.53. The van der Waals surface area contributed by atoms with Crippen LogP contribution in [0, 0.1) is 23.1 Å². The minimum Gasteiger partial charge on any atom is -0.357 e. The lowest BCUT2D eigenvalue weighted by Gasteiger charge is -2.37. The van der Waals surface area contributed by atoms with Crippen LogP contribution < -0.4 is 5.32 Å². The van der Waals surface area contributed by atoms with Gasteiger partial charge in [0, 0.05) is 44.8 Å². The summed E-state index contributed by atoms with van der Waals surface area (Å²) < 4.78 is 14.0. The van der Waals surface area contributed by atoms with E-state index >= 15 is 0 Å². The van der Waals surface area contributed by atoms with E-state index in [4.69, 9.17) is 5.26 Å². The molecule has 5 nitrogen and oxygen atoms in total. The average molecular weight is 345 g/mol. The summed E-state index contributed by atoms with van der Waals surface area (Å²) in [4.78, 5) is 9.31. The zero-order valence-corrected chi connectivity index (χ0v) is 15.4. The first-order chi connectivity index (χ1) is 12.0. The fraction of sp³-hybridized carbons (Fsp3) is 0.579.